The Hall–Kier alpha value is -5.64. The third-order valence-electron chi connectivity index (χ3n) is 17.3. The van der Waals surface area contributed by atoms with E-state index in [0.29, 0.717) is 50.4 Å². The molecule has 5 aromatic rings. The molecule has 0 radical (unpaired) electrons. The smallest absolute Gasteiger partial charge is 0.470 e. The monoisotopic (exact) mass is 1170 g/mol. The number of aliphatic hydroxyl groups is 1. The van der Waals surface area contributed by atoms with Crippen molar-refractivity contribution < 1.29 is 57.2 Å². The summed E-state index contributed by atoms with van der Waals surface area (Å²) in [5.74, 6) is 0.216. The summed E-state index contributed by atoms with van der Waals surface area (Å²) in [6, 6.07) is 15.6. The number of fused-ring (bicyclic) bond motifs is 5. The van der Waals surface area contributed by atoms with Crippen LogP contribution in [0.2, 0.25) is 0 Å². The molecule has 0 spiro atoms. The lowest BCUT2D eigenvalue weighted by atomic mass is 9.64. The number of nitrogens with two attached hydrogens (primary N) is 1. The van der Waals surface area contributed by atoms with E-state index in [1.54, 1.807) is 4.90 Å². The summed E-state index contributed by atoms with van der Waals surface area (Å²) >= 11 is 0. The molecule has 4 aliphatic heterocycles. The van der Waals surface area contributed by atoms with Gasteiger partial charge in [0.2, 0.25) is 17.2 Å². The highest BCUT2D eigenvalue weighted by Crippen LogP contribution is 2.51. The second kappa shape index (κ2) is 23.4. The first-order valence-corrected chi connectivity index (χ1v) is 31.8. The fourth-order valence-corrected chi connectivity index (χ4v) is 14.7. The number of amides is 2. The van der Waals surface area contributed by atoms with Crippen molar-refractivity contribution >= 4 is 61.7 Å². The lowest BCUT2D eigenvalue weighted by Gasteiger charge is -2.48. The molecule has 82 heavy (non-hydrogen) atoms. The topological polar surface area (TPSA) is 303 Å². The van der Waals surface area contributed by atoms with Crippen molar-refractivity contribution in [2.24, 2.45) is 0 Å². The lowest BCUT2D eigenvalue weighted by molar-refractivity contribution is -0.222. The van der Waals surface area contributed by atoms with Gasteiger partial charge in [0.05, 0.1) is 6.61 Å². The zero-order valence-corrected chi connectivity index (χ0v) is 49.7. The number of aromatic nitrogens is 4. The van der Waals surface area contributed by atoms with Crippen molar-refractivity contribution in [1.82, 2.24) is 34.3 Å². The Morgan fingerprint density at radius 3 is 2.45 bits per heavy atom. The molecule has 6 heterocycles. The minimum absolute atomic E-state index is 0.00894. The first kappa shape index (κ1) is 59.5. The molecule has 24 heteroatoms. The minimum Gasteiger partial charge on any atom is -0.756 e. The standard InChI is InChI=1S/C58H78N10O12P2/c1-8-67-43-30-42-40(29-39(43)34(2)31-57(67,3)4)46(41-28-35-18-15-26-66-27-16-21-38(49(35)66)47(41)58(42,5)6)36-19-11-12-20-37(36)54(71)65(7)25-17-22-45(69)60-23-13-9-10-14-24-61-56-64-48-52(59)62-33-63-53(48)68(56)55-51(80-82(75,76)77)50(70)44(79-55)32-78-81(72,73)74/h11-12,19-20,28-30,33-34,44,50-51,55,59,70H,8-10,13-18,21-27,31-32H2,1-7H3,(H6,60,69,71,72,73,74,75,76,77)/t34?,44-,50-,51-,55-/m1/s1. The molecule has 2 amide bonds. The fourth-order valence-electron chi connectivity index (χ4n) is 13.8. The highest BCUT2D eigenvalue weighted by molar-refractivity contribution is 7.46. The largest absolute Gasteiger partial charge is 0.756 e. The summed E-state index contributed by atoms with van der Waals surface area (Å²) in [4.78, 5) is 84.9. The van der Waals surface area contributed by atoms with E-state index in [1.165, 1.54) is 54.2 Å². The molecule has 1 fully saturated rings. The maximum absolute atomic E-state index is 14.8. The summed E-state index contributed by atoms with van der Waals surface area (Å²) in [7, 11) is -8.71. The maximum Gasteiger partial charge on any atom is 0.470 e. The molecule has 8 N–H and O–H groups in total. The number of hydrogen-bond acceptors (Lipinski definition) is 15. The van der Waals surface area contributed by atoms with Crippen LogP contribution in [0, 0.1) is 0 Å². The van der Waals surface area contributed by atoms with Crippen LogP contribution in [0.25, 0.3) is 16.7 Å². The van der Waals surface area contributed by atoms with Crippen molar-refractivity contribution in [2.45, 2.75) is 154 Å². The van der Waals surface area contributed by atoms with Gasteiger partial charge in [0, 0.05) is 85.8 Å². The van der Waals surface area contributed by atoms with E-state index in [2.05, 4.69) is 111 Å². The van der Waals surface area contributed by atoms with Crippen LogP contribution < -0.4 is 41.3 Å². The first-order chi connectivity index (χ1) is 38.9. The molecule has 10 rings (SSSR count). The number of unbranched alkanes of at least 4 members (excludes halogenated alkanes) is 3. The van der Waals surface area contributed by atoms with Gasteiger partial charge in [-0.2, -0.15) is 0 Å². The average molecular weight is 1170 g/mol. The number of aryl methyl sites for hydroxylation is 1. The fraction of sp³-hybridized carbons (Fsp3) is 0.552. The number of rotatable bonds is 21. The van der Waals surface area contributed by atoms with Gasteiger partial charge in [-0.15, -0.1) is 0 Å². The number of nitrogen functional groups attached to an aromatic ring is 1. The Balaban J connectivity index is 0.779. The van der Waals surface area contributed by atoms with Gasteiger partial charge in [0.25, 0.3) is 13.7 Å². The number of carbonyl (C=O) groups is 2. The molecule has 0 saturated carbocycles. The third-order valence-corrected chi connectivity index (χ3v) is 18.3. The van der Waals surface area contributed by atoms with E-state index in [1.807, 2.05) is 19.2 Å². The second-order valence-electron chi connectivity index (χ2n) is 23.8. The minimum atomic E-state index is -5.27. The van der Waals surface area contributed by atoms with Crippen LogP contribution in [0.15, 0.2) is 48.8 Å². The number of nitrogens with zero attached hydrogens (tertiary/aromatic N) is 7. The normalized spacial score (nSPS) is 22.2. The molecule has 3 aromatic carbocycles. The van der Waals surface area contributed by atoms with Gasteiger partial charge in [-0.05, 0) is 128 Å². The van der Waals surface area contributed by atoms with Gasteiger partial charge < -0.3 is 60.1 Å². The van der Waals surface area contributed by atoms with Gasteiger partial charge in [-0.25, -0.2) is 24.1 Å². The van der Waals surface area contributed by atoms with E-state index in [0.717, 1.165) is 82.0 Å². The van der Waals surface area contributed by atoms with Crippen LogP contribution >= 0.6 is 15.6 Å². The van der Waals surface area contributed by atoms with Crippen LogP contribution in [0.5, 0.6) is 0 Å². The Kier molecular flexibility index (Phi) is 17.0. The number of nitrogens with one attached hydrogen (secondary N) is 2. The Bertz CT molecular complexity index is 3520. The third kappa shape index (κ3) is 11.8. The van der Waals surface area contributed by atoms with E-state index in [-0.39, 0.29) is 52.1 Å². The SMILES string of the molecule is CCN1c2cc3c(cc2C(C)CC1(C)C)C(c1ccccc1C(=O)N(C)CCCC(=O)NCCCCCCNc1nc2c(N)ncnc2n1[C@@H]1O[C@H](COP(=O)([O-])O)[C@@H](O)[C@H]1OP(=O)(O)O)=c1cc2c4c(c1C3(C)C)CCC[N+]=4CCC2. The number of imidazole rings is 1. The molecule has 5 aliphatic rings. The lowest BCUT2D eigenvalue weighted by Crippen LogP contribution is -2.50. The van der Waals surface area contributed by atoms with Gasteiger partial charge in [0.1, 0.15) is 37.7 Å². The predicted octanol–water partition coefficient (Wildman–Crippen LogP) is 4.65. The Labute approximate surface area is 477 Å². The van der Waals surface area contributed by atoms with Gasteiger partial charge in [-0.1, -0.05) is 51.8 Å². The zero-order valence-electron chi connectivity index (χ0n) is 47.9. The van der Waals surface area contributed by atoms with Crippen LogP contribution in [-0.4, -0.2) is 133 Å². The zero-order chi connectivity index (χ0) is 58.6. The molecule has 6 atom stereocenters. The van der Waals surface area contributed by atoms with Crippen LogP contribution in [0.4, 0.5) is 17.5 Å². The van der Waals surface area contributed by atoms with Crippen LogP contribution in [0.1, 0.15) is 161 Å². The Morgan fingerprint density at radius 1 is 0.988 bits per heavy atom. The first-order valence-electron chi connectivity index (χ1n) is 28.8. The number of phosphoric ester groups is 2. The molecular formula is C58H78N10O12P2. The van der Waals surface area contributed by atoms with Crippen molar-refractivity contribution in [3.63, 3.8) is 0 Å². The molecule has 0 bridgehead atoms. The number of aliphatic hydroxyl groups excluding tert-OH is 1. The van der Waals surface area contributed by atoms with Gasteiger partial charge >= 0.3 is 7.82 Å². The summed E-state index contributed by atoms with van der Waals surface area (Å²) in [6.07, 6.45) is 3.37. The second-order valence-corrected chi connectivity index (χ2v) is 26.2. The van der Waals surface area contributed by atoms with Crippen molar-refractivity contribution in [2.75, 3.05) is 68.9 Å². The number of hydrogen-bond donors (Lipinski definition) is 7. The summed E-state index contributed by atoms with van der Waals surface area (Å²) in [6.45, 7) is 17.6. The Morgan fingerprint density at radius 2 is 1.72 bits per heavy atom. The molecule has 22 nitrogen and oxygen atoms in total. The maximum atomic E-state index is 14.8. The number of anilines is 3. The molecule has 2 unspecified atom stereocenters. The predicted molar refractivity (Wildman–Crippen MR) is 309 cm³/mol. The van der Waals surface area contributed by atoms with E-state index >= 15 is 0 Å². The van der Waals surface area contributed by atoms with E-state index in [9.17, 15) is 38.5 Å². The molecule has 442 valence electrons. The van der Waals surface area contributed by atoms with Crippen molar-refractivity contribution in [3.8, 4) is 0 Å². The van der Waals surface area contributed by atoms with Crippen LogP contribution in [-0.2, 0) is 46.0 Å². The van der Waals surface area contributed by atoms with E-state index < -0.39 is 46.8 Å². The quantitative estimate of drug-likeness (QED) is 0.0299. The highest BCUT2D eigenvalue weighted by atomic mass is 31.2. The summed E-state index contributed by atoms with van der Waals surface area (Å²) in [5, 5.41) is 19.8. The van der Waals surface area contributed by atoms with Crippen molar-refractivity contribution in [1.29, 1.82) is 0 Å². The molecule has 2 aromatic heterocycles. The number of carbonyl (C=O) groups excluding carboxylic acids is 2. The average Bonchev–Trinajstić information content (AvgIpc) is 3.13. The molecule has 1 saturated heterocycles. The summed E-state index contributed by atoms with van der Waals surface area (Å²) in [5.41, 5.74) is 18.1. The molecule has 1 aliphatic carbocycles. The molecular weight excluding hydrogens is 1090 g/mol. The number of benzene rings is 3. The highest BCUT2D eigenvalue weighted by Gasteiger charge is 2.50. The van der Waals surface area contributed by atoms with Crippen molar-refractivity contribution in [3.05, 3.63) is 104 Å². The van der Waals surface area contributed by atoms with Gasteiger partial charge in [-0.3, -0.25) is 23.2 Å². The number of phosphoric acid groups is 2. The summed E-state index contributed by atoms with van der Waals surface area (Å²) < 4.78 is 42.4. The van der Waals surface area contributed by atoms with Gasteiger partial charge in [0.15, 0.2) is 23.2 Å². The van der Waals surface area contributed by atoms with E-state index in [4.69, 9.17) is 19.9 Å². The number of ether oxygens (including phenoxy) is 1. The van der Waals surface area contributed by atoms with Crippen LogP contribution in [0.3, 0.4) is 0 Å².